The maximum absolute atomic E-state index is 12.4. The Bertz CT molecular complexity index is 1300. The number of rotatable bonds is 6. The molecule has 2 aromatic carbocycles. The Labute approximate surface area is 209 Å². The van der Waals surface area contributed by atoms with Crippen LogP contribution in [0.3, 0.4) is 0 Å². The molecule has 4 heterocycles. The van der Waals surface area contributed by atoms with Crippen LogP contribution in [0.2, 0.25) is 0 Å². The molecule has 0 bridgehead atoms. The second-order valence-corrected chi connectivity index (χ2v) is 10.0. The third-order valence-corrected chi connectivity index (χ3v) is 7.57. The topological polar surface area (TPSA) is 95.2 Å². The minimum atomic E-state index is -0.919. The summed E-state index contributed by atoms with van der Waals surface area (Å²) in [6, 6.07) is 13.4. The van der Waals surface area contributed by atoms with Crippen LogP contribution in [0.4, 0.5) is 0 Å². The fraction of sp³-hybridized carbons (Fsp3) is 0.429. The van der Waals surface area contributed by atoms with E-state index in [0.717, 1.165) is 34.4 Å². The SMILES string of the molecule is O=C1CCC(N2Cc3c(OCc4cc5cc(CN6CCCCC6)ccc5o4)cccc3C2O)C(=O)N1. The van der Waals surface area contributed by atoms with E-state index in [-0.39, 0.29) is 24.8 Å². The molecule has 1 aromatic heterocycles. The number of aliphatic hydroxyl groups is 1. The Morgan fingerprint density at radius 1 is 1.08 bits per heavy atom. The van der Waals surface area contributed by atoms with Crippen LogP contribution in [0.25, 0.3) is 11.0 Å². The first-order valence-corrected chi connectivity index (χ1v) is 12.8. The molecule has 3 aliphatic heterocycles. The van der Waals surface area contributed by atoms with Crippen molar-refractivity contribution in [2.45, 2.75) is 64.1 Å². The number of nitrogens with one attached hydrogen (secondary N) is 1. The van der Waals surface area contributed by atoms with E-state index >= 15 is 0 Å². The lowest BCUT2D eigenvalue weighted by atomic mass is 10.0. The number of benzene rings is 2. The summed E-state index contributed by atoms with van der Waals surface area (Å²) in [6.07, 6.45) is 3.63. The summed E-state index contributed by atoms with van der Waals surface area (Å²) in [7, 11) is 0. The number of hydrogen-bond donors (Lipinski definition) is 2. The maximum atomic E-state index is 12.4. The van der Waals surface area contributed by atoms with Gasteiger partial charge in [-0.05, 0) is 62.2 Å². The quantitative estimate of drug-likeness (QED) is 0.511. The van der Waals surface area contributed by atoms with E-state index in [1.807, 2.05) is 30.3 Å². The summed E-state index contributed by atoms with van der Waals surface area (Å²) < 4.78 is 12.2. The van der Waals surface area contributed by atoms with Crippen molar-refractivity contribution in [3.05, 3.63) is 64.9 Å². The molecule has 2 fully saturated rings. The van der Waals surface area contributed by atoms with Gasteiger partial charge in [0, 0.05) is 36.0 Å². The summed E-state index contributed by atoms with van der Waals surface area (Å²) in [4.78, 5) is 28.1. The zero-order valence-corrected chi connectivity index (χ0v) is 20.2. The number of aliphatic hydroxyl groups excluding tert-OH is 1. The van der Waals surface area contributed by atoms with Crippen LogP contribution in [0.1, 0.15) is 60.8 Å². The van der Waals surface area contributed by atoms with Gasteiger partial charge in [0.2, 0.25) is 11.8 Å². The van der Waals surface area contributed by atoms with Crippen molar-refractivity contribution in [2.75, 3.05) is 13.1 Å². The highest BCUT2D eigenvalue weighted by atomic mass is 16.5. The van der Waals surface area contributed by atoms with E-state index in [1.165, 1.54) is 37.9 Å². The first-order valence-electron chi connectivity index (χ1n) is 12.8. The second kappa shape index (κ2) is 9.69. The standard InChI is InChI=1S/C28H31N3O5/c32-26-10-8-23(27(33)29-26)31-16-22-21(28(31)34)5-4-6-25(22)35-17-20-14-19-13-18(7-9-24(19)36-20)15-30-11-2-1-3-12-30/h4-7,9,13-14,23,28,34H,1-3,8,10-12,15-17H2,(H,29,32,33). The average Bonchev–Trinajstić information content (AvgIpc) is 3.44. The molecule has 3 aromatic rings. The van der Waals surface area contributed by atoms with Gasteiger partial charge in [-0.25, -0.2) is 0 Å². The number of amides is 2. The van der Waals surface area contributed by atoms with Crippen molar-refractivity contribution in [3.8, 4) is 5.75 Å². The molecule has 2 unspecified atom stereocenters. The molecular formula is C28H31N3O5. The molecule has 0 spiro atoms. The third kappa shape index (κ3) is 4.52. The fourth-order valence-electron chi connectivity index (χ4n) is 5.70. The fourth-order valence-corrected chi connectivity index (χ4v) is 5.70. The van der Waals surface area contributed by atoms with Crippen LogP contribution in [0.5, 0.6) is 5.75 Å². The van der Waals surface area contributed by atoms with Crippen molar-refractivity contribution in [2.24, 2.45) is 0 Å². The number of furan rings is 1. The number of carbonyl (C=O) groups is 2. The van der Waals surface area contributed by atoms with Crippen molar-refractivity contribution in [1.29, 1.82) is 0 Å². The summed E-state index contributed by atoms with van der Waals surface area (Å²) in [5.74, 6) is 0.768. The number of imide groups is 1. The van der Waals surface area contributed by atoms with Gasteiger partial charge in [0.05, 0.1) is 6.04 Å². The molecule has 6 rings (SSSR count). The maximum Gasteiger partial charge on any atom is 0.244 e. The van der Waals surface area contributed by atoms with E-state index in [0.29, 0.717) is 18.7 Å². The number of hydrogen-bond acceptors (Lipinski definition) is 7. The van der Waals surface area contributed by atoms with E-state index in [9.17, 15) is 14.7 Å². The lowest BCUT2D eigenvalue weighted by Crippen LogP contribution is -2.51. The minimum absolute atomic E-state index is 0.265. The predicted molar refractivity (Wildman–Crippen MR) is 133 cm³/mol. The Balaban J connectivity index is 1.14. The van der Waals surface area contributed by atoms with Gasteiger partial charge in [-0.1, -0.05) is 24.6 Å². The summed E-state index contributed by atoms with van der Waals surface area (Å²) >= 11 is 0. The van der Waals surface area contributed by atoms with Crippen LogP contribution in [-0.2, 0) is 29.3 Å². The first kappa shape index (κ1) is 23.2. The van der Waals surface area contributed by atoms with Gasteiger partial charge < -0.3 is 14.3 Å². The number of carbonyl (C=O) groups excluding carboxylic acids is 2. The molecule has 188 valence electrons. The third-order valence-electron chi connectivity index (χ3n) is 7.57. The number of piperidine rings is 2. The Morgan fingerprint density at radius 3 is 2.78 bits per heavy atom. The molecule has 2 atom stereocenters. The zero-order chi connectivity index (χ0) is 24.6. The first-order chi connectivity index (χ1) is 17.5. The molecule has 2 saturated heterocycles. The average molecular weight is 490 g/mol. The largest absolute Gasteiger partial charge is 0.485 e. The molecule has 3 aliphatic rings. The molecule has 2 N–H and O–H groups in total. The molecule has 36 heavy (non-hydrogen) atoms. The van der Waals surface area contributed by atoms with E-state index < -0.39 is 12.3 Å². The van der Waals surface area contributed by atoms with E-state index in [1.54, 1.807) is 4.90 Å². The van der Waals surface area contributed by atoms with Crippen LogP contribution in [0, 0.1) is 0 Å². The summed E-state index contributed by atoms with van der Waals surface area (Å²) in [5.41, 5.74) is 3.72. The van der Waals surface area contributed by atoms with Gasteiger partial charge in [-0.3, -0.25) is 24.7 Å². The van der Waals surface area contributed by atoms with Crippen LogP contribution in [-0.4, -0.2) is 45.9 Å². The van der Waals surface area contributed by atoms with Gasteiger partial charge in [0.25, 0.3) is 0 Å². The highest BCUT2D eigenvalue weighted by Gasteiger charge is 2.40. The van der Waals surface area contributed by atoms with Gasteiger partial charge in [-0.2, -0.15) is 0 Å². The van der Waals surface area contributed by atoms with Crippen LogP contribution >= 0.6 is 0 Å². The smallest absolute Gasteiger partial charge is 0.244 e. The highest BCUT2D eigenvalue weighted by molar-refractivity contribution is 6.00. The normalized spacial score (nSPS) is 23.1. The van der Waals surface area contributed by atoms with Crippen LogP contribution in [0.15, 0.2) is 46.9 Å². The van der Waals surface area contributed by atoms with Gasteiger partial charge in [0.1, 0.15) is 29.9 Å². The second-order valence-electron chi connectivity index (χ2n) is 10.0. The van der Waals surface area contributed by atoms with Crippen molar-refractivity contribution in [3.63, 3.8) is 0 Å². The van der Waals surface area contributed by atoms with Gasteiger partial charge in [0.15, 0.2) is 0 Å². The van der Waals surface area contributed by atoms with E-state index in [2.05, 4.69) is 22.3 Å². The molecule has 8 heteroatoms. The summed E-state index contributed by atoms with van der Waals surface area (Å²) in [5, 5.41) is 14.4. The highest BCUT2D eigenvalue weighted by Crippen LogP contribution is 2.40. The van der Waals surface area contributed by atoms with Crippen molar-refractivity contribution < 1.29 is 23.8 Å². The number of ether oxygens (including phenoxy) is 1. The van der Waals surface area contributed by atoms with Gasteiger partial charge >= 0.3 is 0 Å². The lowest BCUT2D eigenvalue weighted by molar-refractivity contribution is -0.141. The number of fused-ring (bicyclic) bond motifs is 2. The van der Waals surface area contributed by atoms with Crippen molar-refractivity contribution in [1.82, 2.24) is 15.1 Å². The van der Waals surface area contributed by atoms with Crippen LogP contribution < -0.4 is 10.1 Å². The predicted octanol–water partition coefficient (Wildman–Crippen LogP) is 3.61. The molecule has 0 saturated carbocycles. The Hall–Kier alpha value is -3.20. The Morgan fingerprint density at radius 2 is 1.94 bits per heavy atom. The number of likely N-dealkylation sites (tertiary alicyclic amines) is 1. The number of nitrogens with zero attached hydrogens (tertiary/aromatic N) is 2. The van der Waals surface area contributed by atoms with Crippen molar-refractivity contribution >= 4 is 22.8 Å². The van der Waals surface area contributed by atoms with E-state index in [4.69, 9.17) is 9.15 Å². The molecular weight excluding hydrogens is 458 g/mol. The minimum Gasteiger partial charge on any atom is -0.485 e. The lowest BCUT2D eigenvalue weighted by Gasteiger charge is -2.31. The zero-order valence-electron chi connectivity index (χ0n) is 20.2. The molecule has 2 amide bonds. The monoisotopic (exact) mass is 489 g/mol. The molecule has 0 aliphatic carbocycles. The van der Waals surface area contributed by atoms with Gasteiger partial charge in [-0.15, -0.1) is 0 Å². The summed E-state index contributed by atoms with van der Waals surface area (Å²) in [6.45, 7) is 3.94. The molecule has 8 nitrogen and oxygen atoms in total. The Kier molecular flexibility index (Phi) is 6.25. The molecule has 0 radical (unpaired) electrons.